The van der Waals surface area contributed by atoms with E-state index in [2.05, 4.69) is 10.1 Å². The Morgan fingerprint density at radius 2 is 1.86 bits per heavy atom. The minimum absolute atomic E-state index is 0.138. The number of ether oxygens (including phenoxy) is 1. The molecule has 1 aromatic carbocycles. The highest BCUT2D eigenvalue weighted by atomic mass is 19.1. The number of benzene rings is 1. The van der Waals surface area contributed by atoms with Crippen LogP contribution in [-0.4, -0.2) is 25.2 Å². The third-order valence-electron chi connectivity index (χ3n) is 3.32. The molecule has 1 aliphatic rings. The molecule has 1 atom stereocenters. The second kappa shape index (κ2) is 8.78. The van der Waals surface area contributed by atoms with E-state index >= 15 is 0 Å². The maximum absolute atomic E-state index is 12.7. The summed E-state index contributed by atoms with van der Waals surface area (Å²) in [4.78, 5) is 9.60. The van der Waals surface area contributed by atoms with Crippen molar-refractivity contribution in [1.82, 2.24) is 5.32 Å². The van der Waals surface area contributed by atoms with Gasteiger partial charge in [0.05, 0.1) is 0 Å². The van der Waals surface area contributed by atoms with Gasteiger partial charge < -0.3 is 10.1 Å². The molecule has 118 valence electrons. The van der Waals surface area contributed by atoms with Crippen molar-refractivity contribution in [3.63, 3.8) is 0 Å². The zero-order valence-electron chi connectivity index (χ0n) is 13.2. The molecule has 0 saturated carbocycles. The Morgan fingerprint density at radius 1 is 1.19 bits per heavy atom. The normalized spacial score (nSPS) is 19.0. The Hall–Kier alpha value is -1.42. The molecule has 0 spiro atoms. The molecule has 1 aliphatic heterocycles. The highest BCUT2D eigenvalue weighted by Gasteiger charge is 2.13. The zero-order chi connectivity index (χ0) is 15.7. The van der Waals surface area contributed by atoms with Crippen molar-refractivity contribution in [1.29, 1.82) is 0 Å². The van der Waals surface area contributed by atoms with Gasteiger partial charge in [0.1, 0.15) is 11.4 Å². The second-order valence-corrected chi connectivity index (χ2v) is 6.26. The summed E-state index contributed by atoms with van der Waals surface area (Å²) in [5.41, 5.74) is 0.969. The molecule has 2 rings (SSSR count). The first-order chi connectivity index (χ1) is 9.92. The van der Waals surface area contributed by atoms with Gasteiger partial charge in [-0.2, -0.15) is 0 Å². The number of halogens is 1. The summed E-state index contributed by atoms with van der Waals surface area (Å²) in [6.07, 6.45) is 3.62. The third kappa shape index (κ3) is 7.81. The second-order valence-electron chi connectivity index (χ2n) is 6.26. The van der Waals surface area contributed by atoms with Gasteiger partial charge >= 0.3 is 0 Å². The van der Waals surface area contributed by atoms with Gasteiger partial charge in [0, 0.05) is 0 Å². The first kappa shape index (κ1) is 17.6. The Bertz CT molecular complexity index is 404. The summed E-state index contributed by atoms with van der Waals surface area (Å²) in [6, 6.07) is 6.97. The van der Waals surface area contributed by atoms with Crippen molar-refractivity contribution in [2.45, 2.75) is 51.6 Å². The summed E-state index contributed by atoms with van der Waals surface area (Å²) < 4.78 is 17.3. The standard InChI is InChI=1S/C12H16FN.C5H10O2/c13-12-5-3-11(4-6-12)10-2-1-8-14-9-7-10;1-5(2,3)7-4-6/h3-6,10,14H,1-2,7-9H2;4H,1-3H3. The molecule has 0 amide bonds. The van der Waals surface area contributed by atoms with Crippen LogP contribution < -0.4 is 5.32 Å². The van der Waals surface area contributed by atoms with Gasteiger partial charge in [-0.3, -0.25) is 4.79 Å². The molecule has 1 heterocycles. The van der Waals surface area contributed by atoms with Crippen LogP contribution in [-0.2, 0) is 9.53 Å². The predicted octanol–water partition coefficient (Wildman–Crippen LogP) is 3.64. The molecular formula is C17H26FNO2. The van der Waals surface area contributed by atoms with E-state index in [0.29, 0.717) is 12.4 Å². The van der Waals surface area contributed by atoms with Crippen LogP contribution in [0.5, 0.6) is 0 Å². The summed E-state index contributed by atoms with van der Waals surface area (Å²) in [6.45, 7) is 8.13. The monoisotopic (exact) mass is 295 g/mol. The maximum atomic E-state index is 12.7. The lowest BCUT2D eigenvalue weighted by molar-refractivity contribution is -0.138. The molecule has 3 nitrogen and oxygen atoms in total. The minimum atomic E-state index is -0.318. The van der Waals surface area contributed by atoms with Gasteiger partial charge in [-0.15, -0.1) is 0 Å². The van der Waals surface area contributed by atoms with E-state index in [0.717, 1.165) is 13.1 Å². The van der Waals surface area contributed by atoms with Gasteiger partial charge in [0.15, 0.2) is 0 Å². The molecule has 1 aromatic rings. The van der Waals surface area contributed by atoms with Gasteiger partial charge in [-0.05, 0) is 76.7 Å². The van der Waals surface area contributed by atoms with Crippen LogP contribution >= 0.6 is 0 Å². The zero-order valence-corrected chi connectivity index (χ0v) is 13.2. The van der Waals surface area contributed by atoms with Crippen molar-refractivity contribution in [2.75, 3.05) is 13.1 Å². The SMILES string of the molecule is CC(C)(C)OC=O.Fc1ccc(C2CCCNCC2)cc1. The Labute approximate surface area is 126 Å². The number of hydrogen-bond donors (Lipinski definition) is 1. The van der Waals surface area contributed by atoms with Crippen LogP contribution in [0.15, 0.2) is 24.3 Å². The van der Waals surface area contributed by atoms with Crippen molar-refractivity contribution in [2.24, 2.45) is 0 Å². The number of nitrogens with one attached hydrogen (secondary N) is 1. The van der Waals surface area contributed by atoms with Gasteiger partial charge in [-0.25, -0.2) is 4.39 Å². The molecule has 1 N–H and O–H groups in total. The van der Waals surface area contributed by atoms with E-state index in [1.54, 1.807) is 12.1 Å². The van der Waals surface area contributed by atoms with Crippen molar-refractivity contribution < 1.29 is 13.9 Å². The molecule has 4 heteroatoms. The molecule has 1 saturated heterocycles. The largest absolute Gasteiger partial charge is 0.462 e. The van der Waals surface area contributed by atoms with E-state index in [1.807, 2.05) is 32.9 Å². The van der Waals surface area contributed by atoms with Crippen molar-refractivity contribution >= 4 is 6.47 Å². The van der Waals surface area contributed by atoms with Crippen LogP contribution in [0, 0.1) is 5.82 Å². The third-order valence-corrected chi connectivity index (χ3v) is 3.32. The summed E-state index contributed by atoms with van der Waals surface area (Å²) in [5.74, 6) is 0.478. The Balaban J connectivity index is 0.000000270. The highest BCUT2D eigenvalue weighted by molar-refractivity contribution is 5.37. The Kier molecular flexibility index (Phi) is 7.37. The Morgan fingerprint density at radius 3 is 2.38 bits per heavy atom. The van der Waals surface area contributed by atoms with Gasteiger partial charge in [-0.1, -0.05) is 12.1 Å². The summed E-state index contributed by atoms with van der Waals surface area (Å²) in [5, 5.41) is 3.38. The fourth-order valence-electron chi connectivity index (χ4n) is 2.23. The van der Waals surface area contributed by atoms with Gasteiger partial charge in [0.25, 0.3) is 6.47 Å². The van der Waals surface area contributed by atoms with Gasteiger partial charge in [0.2, 0.25) is 0 Å². The highest BCUT2D eigenvalue weighted by Crippen LogP contribution is 2.25. The fourth-order valence-corrected chi connectivity index (χ4v) is 2.23. The van der Waals surface area contributed by atoms with E-state index in [4.69, 9.17) is 0 Å². The van der Waals surface area contributed by atoms with Crippen LogP contribution in [0.2, 0.25) is 0 Å². The molecule has 1 fully saturated rings. The van der Waals surface area contributed by atoms with E-state index < -0.39 is 0 Å². The molecule has 0 aliphatic carbocycles. The number of carbonyl (C=O) groups excluding carboxylic acids is 1. The average Bonchev–Trinajstić information content (AvgIpc) is 2.68. The topological polar surface area (TPSA) is 38.3 Å². The molecule has 21 heavy (non-hydrogen) atoms. The molecule has 0 radical (unpaired) electrons. The van der Waals surface area contributed by atoms with Crippen LogP contribution in [0.1, 0.15) is 51.5 Å². The molecule has 0 aromatic heterocycles. The number of carbonyl (C=O) groups is 1. The fraction of sp³-hybridized carbons (Fsp3) is 0.588. The quantitative estimate of drug-likeness (QED) is 0.847. The number of rotatable bonds is 2. The van der Waals surface area contributed by atoms with Crippen molar-refractivity contribution in [3.8, 4) is 0 Å². The smallest absolute Gasteiger partial charge is 0.293 e. The summed E-state index contributed by atoms with van der Waals surface area (Å²) >= 11 is 0. The van der Waals surface area contributed by atoms with E-state index in [-0.39, 0.29) is 11.4 Å². The lowest BCUT2D eigenvalue weighted by Crippen LogP contribution is -2.17. The first-order valence-electron chi connectivity index (χ1n) is 7.50. The van der Waals surface area contributed by atoms with Crippen LogP contribution in [0.4, 0.5) is 4.39 Å². The van der Waals surface area contributed by atoms with Crippen LogP contribution in [0.25, 0.3) is 0 Å². The molecule has 1 unspecified atom stereocenters. The van der Waals surface area contributed by atoms with Crippen LogP contribution in [0.3, 0.4) is 0 Å². The summed E-state index contributed by atoms with van der Waals surface area (Å²) in [7, 11) is 0. The minimum Gasteiger partial charge on any atom is -0.462 e. The van der Waals surface area contributed by atoms with E-state index in [1.165, 1.54) is 24.8 Å². The van der Waals surface area contributed by atoms with E-state index in [9.17, 15) is 9.18 Å². The first-order valence-corrected chi connectivity index (χ1v) is 7.50. The van der Waals surface area contributed by atoms with Crippen molar-refractivity contribution in [3.05, 3.63) is 35.6 Å². The number of hydrogen-bond acceptors (Lipinski definition) is 3. The molecule has 0 bridgehead atoms. The lowest BCUT2D eigenvalue weighted by atomic mass is 9.92. The predicted molar refractivity (Wildman–Crippen MR) is 82.8 cm³/mol. The maximum Gasteiger partial charge on any atom is 0.293 e. The molecular weight excluding hydrogens is 269 g/mol. The average molecular weight is 295 g/mol. The lowest BCUT2D eigenvalue weighted by Gasteiger charge is -2.14.